The van der Waals surface area contributed by atoms with Crippen molar-refractivity contribution in [1.29, 1.82) is 15.8 Å². The molecule has 4 nitrogen and oxygen atoms in total. The van der Waals surface area contributed by atoms with Gasteiger partial charge in [0, 0.05) is 23.5 Å². The Balaban J connectivity index is 2.05. The summed E-state index contributed by atoms with van der Waals surface area (Å²) in [5.41, 5.74) is 2.18. The highest BCUT2D eigenvalue weighted by atomic mass is 31.2. The van der Waals surface area contributed by atoms with E-state index in [1.807, 2.05) is 48.5 Å². The third-order valence-electron chi connectivity index (χ3n) is 6.29. The fourth-order valence-corrected chi connectivity index (χ4v) is 7.95. The lowest BCUT2D eigenvalue weighted by atomic mass is 9.89. The maximum Gasteiger partial charge on any atom is 0.163 e. The van der Waals surface area contributed by atoms with Gasteiger partial charge in [-0.2, -0.15) is 15.8 Å². The number of benzene rings is 4. The number of nitrogens with zero attached hydrogens (tertiary/aromatic N) is 3. The zero-order chi connectivity index (χ0) is 24.7. The molecule has 4 aromatic rings. The van der Waals surface area contributed by atoms with Gasteiger partial charge in [-0.05, 0) is 23.3 Å². The standard InChI is InChI=1S/C30H22N3OP/c31-21-26-13-9-7-11-24(26)19-30(23-33,20-25-12-8-10-14-27(25)22-32)35(34,28-15-3-1-4-16-28)29-17-5-2-6-18-29/h1-18H,19-20H2. The predicted octanol–water partition coefficient (Wildman–Crippen LogP) is 5.49. The van der Waals surface area contributed by atoms with Gasteiger partial charge in [0.2, 0.25) is 0 Å². The van der Waals surface area contributed by atoms with Gasteiger partial charge in [-0.25, -0.2) is 0 Å². The summed E-state index contributed by atoms with van der Waals surface area (Å²) < 4.78 is 15.5. The zero-order valence-electron chi connectivity index (χ0n) is 19.0. The van der Waals surface area contributed by atoms with Crippen LogP contribution >= 0.6 is 7.14 Å². The monoisotopic (exact) mass is 471 g/mol. The van der Waals surface area contributed by atoms with Crippen molar-refractivity contribution < 1.29 is 4.57 Å². The van der Waals surface area contributed by atoms with Crippen molar-refractivity contribution in [3.05, 3.63) is 131 Å². The van der Waals surface area contributed by atoms with Crippen molar-refractivity contribution in [1.82, 2.24) is 0 Å². The summed E-state index contributed by atoms with van der Waals surface area (Å²) in [5, 5.41) is 30.1. The molecule has 0 saturated carbocycles. The molecule has 0 heterocycles. The number of rotatable bonds is 7. The molecule has 0 aromatic heterocycles. The van der Waals surface area contributed by atoms with Crippen LogP contribution in [0, 0.1) is 34.0 Å². The first-order valence-electron chi connectivity index (χ1n) is 11.2. The Kier molecular flexibility index (Phi) is 6.94. The van der Waals surface area contributed by atoms with Crippen LogP contribution in [0.1, 0.15) is 22.3 Å². The maximum atomic E-state index is 15.5. The Morgan fingerprint density at radius 3 is 1.31 bits per heavy atom. The van der Waals surface area contributed by atoms with Crippen molar-refractivity contribution in [2.75, 3.05) is 0 Å². The van der Waals surface area contributed by atoms with Gasteiger partial charge >= 0.3 is 0 Å². The minimum atomic E-state index is -3.64. The second-order valence-corrected chi connectivity index (χ2v) is 11.4. The first kappa shape index (κ1) is 23.7. The van der Waals surface area contributed by atoms with Gasteiger partial charge in [0.15, 0.2) is 7.14 Å². The normalized spacial score (nSPS) is 11.1. The van der Waals surface area contributed by atoms with Crippen LogP contribution < -0.4 is 10.6 Å². The molecule has 0 N–H and O–H groups in total. The Bertz CT molecular complexity index is 1410. The molecule has 0 unspecified atom stereocenters. The minimum absolute atomic E-state index is 0.0913. The summed E-state index contributed by atoms with van der Waals surface area (Å²) >= 11 is 0. The number of hydrogen-bond acceptors (Lipinski definition) is 4. The fraction of sp³-hybridized carbons (Fsp3) is 0.100. The molecular formula is C30H22N3OP. The number of hydrogen-bond donors (Lipinski definition) is 0. The van der Waals surface area contributed by atoms with E-state index in [1.54, 1.807) is 60.7 Å². The molecule has 0 aliphatic heterocycles. The third-order valence-corrected chi connectivity index (χ3v) is 9.96. The quantitative estimate of drug-likeness (QED) is 0.333. The van der Waals surface area contributed by atoms with Crippen LogP contribution in [0.2, 0.25) is 0 Å². The van der Waals surface area contributed by atoms with E-state index in [4.69, 9.17) is 0 Å². The van der Waals surface area contributed by atoms with Crippen LogP contribution in [-0.2, 0) is 17.4 Å². The van der Waals surface area contributed by atoms with Gasteiger partial charge in [0.05, 0.1) is 29.3 Å². The maximum absolute atomic E-state index is 15.5. The van der Waals surface area contributed by atoms with Crippen molar-refractivity contribution >= 4 is 17.8 Å². The second-order valence-electron chi connectivity index (χ2n) is 8.32. The minimum Gasteiger partial charge on any atom is -0.312 e. The van der Waals surface area contributed by atoms with E-state index < -0.39 is 12.3 Å². The molecule has 0 spiro atoms. The molecule has 0 saturated heterocycles. The third kappa shape index (κ3) is 4.39. The lowest BCUT2D eigenvalue weighted by Gasteiger charge is -2.37. The van der Waals surface area contributed by atoms with Crippen LogP contribution in [0.3, 0.4) is 0 Å². The zero-order valence-corrected chi connectivity index (χ0v) is 19.9. The van der Waals surface area contributed by atoms with Gasteiger partial charge < -0.3 is 4.57 Å². The Morgan fingerprint density at radius 2 is 0.943 bits per heavy atom. The van der Waals surface area contributed by atoms with Gasteiger partial charge in [0.25, 0.3) is 0 Å². The van der Waals surface area contributed by atoms with Crippen LogP contribution in [0.25, 0.3) is 0 Å². The predicted molar refractivity (Wildman–Crippen MR) is 138 cm³/mol. The topological polar surface area (TPSA) is 88.4 Å². The van der Waals surface area contributed by atoms with Crippen molar-refractivity contribution in [2.45, 2.75) is 18.0 Å². The molecular weight excluding hydrogens is 449 g/mol. The van der Waals surface area contributed by atoms with E-state index in [2.05, 4.69) is 18.2 Å². The average Bonchev–Trinajstić information content (AvgIpc) is 2.93. The molecule has 4 rings (SSSR count). The van der Waals surface area contributed by atoms with Crippen LogP contribution in [-0.4, -0.2) is 5.16 Å². The molecule has 4 aromatic carbocycles. The average molecular weight is 472 g/mol. The first-order chi connectivity index (χ1) is 17.1. The Morgan fingerprint density at radius 1 is 0.571 bits per heavy atom. The van der Waals surface area contributed by atoms with E-state index in [9.17, 15) is 15.8 Å². The Hall–Kier alpha value is -4.42. The summed E-state index contributed by atoms with van der Waals surface area (Å²) in [6.07, 6.45) is 0.183. The largest absolute Gasteiger partial charge is 0.312 e. The lowest BCUT2D eigenvalue weighted by molar-refractivity contribution is 0.555. The van der Waals surface area contributed by atoms with Crippen molar-refractivity contribution in [2.24, 2.45) is 0 Å². The molecule has 0 atom stereocenters. The van der Waals surface area contributed by atoms with Crippen LogP contribution in [0.15, 0.2) is 109 Å². The lowest BCUT2D eigenvalue weighted by Crippen LogP contribution is -2.41. The van der Waals surface area contributed by atoms with Crippen molar-refractivity contribution in [3.8, 4) is 18.2 Å². The summed E-state index contributed by atoms with van der Waals surface area (Å²) in [7, 11) is -3.64. The van der Waals surface area contributed by atoms with E-state index >= 15 is 4.57 Å². The highest BCUT2D eigenvalue weighted by molar-refractivity contribution is 7.80. The molecule has 168 valence electrons. The smallest absolute Gasteiger partial charge is 0.163 e. The molecule has 0 aliphatic rings. The number of nitriles is 3. The van der Waals surface area contributed by atoms with E-state index in [1.165, 1.54) is 0 Å². The van der Waals surface area contributed by atoms with Gasteiger partial charge in [-0.1, -0.05) is 97.1 Å². The molecule has 35 heavy (non-hydrogen) atoms. The van der Waals surface area contributed by atoms with Gasteiger partial charge in [-0.15, -0.1) is 0 Å². The first-order valence-corrected chi connectivity index (χ1v) is 12.9. The Labute approximate surface area is 205 Å². The summed E-state index contributed by atoms with van der Waals surface area (Å²) in [5.74, 6) is 0. The van der Waals surface area contributed by atoms with E-state index in [0.717, 1.165) is 0 Å². The summed E-state index contributed by atoms with van der Waals surface area (Å²) in [6, 6.07) is 39.3. The van der Waals surface area contributed by atoms with Crippen LogP contribution in [0.5, 0.6) is 0 Å². The van der Waals surface area contributed by atoms with Gasteiger partial charge in [0.1, 0.15) is 5.16 Å². The molecule has 0 radical (unpaired) electrons. The van der Waals surface area contributed by atoms with E-state index in [-0.39, 0.29) is 12.8 Å². The highest BCUT2D eigenvalue weighted by Gasteiger charge is 2.51. The molecule has 0 fully saturated rings. The van der Waals surface area contributed by atoms with Crippen LogP contribution in [0.4, 0.5) is 0 Å². The molecule has 0 aliphatic carbocycles. The SMILES string of the molecule is N#Cc1ccccc1CC(C#N)(Cc1ccccc1C#N)P(=O)(c1ccccc1)c1ccccc1. The highest BCUT2D eigenvalue weighted by Crippen LogP contribution is 2.59. The molecule has 5 heteroatoms. The second kappa shape index (κ2) is 10.2. The van der Waals surface area contributed by atoms with Gasteiger partial charge in [-0.3, -0.25) is 0 Å². The molecule has 0 amide bonds. The summed E-state index contributed by atoms with van der Waals surface area (Å²) in [4.78, 5) is 0. The fourth-order valence-electron chi connectivity index (χ4n) is 4.55. The summed E-state index contributed by atoms with van der Waals surface area (Å²) in [6.45, 7) is 0. The molecule has 0 bridgehead atoms. The van der Waals surface area contributed by atoms with E-state index in [0.29, 0.717) is 32.9 Å². The van der Waals surface area contributed by atoms with Crippen molar-refractivity contribution in [3.63, 3.8) is 0 Å².